The third-order valence-electron chi connectivity index (χ3n) is 3.13. The molecule has 1 N–H and O–H groups in total. The van der Waals surface area contributed by atoms with Gasteiger partial charge in [0.05, 0.1) is 6.04 Å². The van der Waals surface area contributed by atoms with E-state index in [4.69, 9.17) is 0 Å². The van der Waals surface area contributed by atoms with Crippen LogP contribution in [0.25, 0.3) is 0 Å². The van der Waals surface area contributed by atoms with Gasteiger partial charge in [0.15, 0.2) is 0 Å². The van der Waals surface area contributed by atoms with E-state index in [1.807, 2.05) is 6.07 Å². The standard InChI is InChI=1S/C16H19F2NS/c1-3-7-19-16(15-6-5-14(4-2)20-15)11-8-12(17)10-13(18)9-11/h5-6,8-10,16,19H,3-4,7H2,1-2H3. The van der Waals surface area contributed by atoms with Crippen LogP contribution in [0.3, 0.4) is 0 Å². The quantitative estimate of drug-likeness (QED) is 0.816. The summed E-state index contributed by atoms with van der Waals surface area (Å²) in [4.78, 5) is 2.38. The van der Waals surface area contributed by atoms with Gasteiger partial charge in [-0.15, -0.1) is 11.3 Å². The van der Waals surface area contributed by atoms with Crippen LogP contribution in [0.1, 0.15) is 41.6 Å². The Morgan fingerprint density at radius 1 is 1.10 bits per heavy atom. The Bertz CT molecular complexity index is 545. The zero-order valence-corrected chi connectivity index (χ0v) is 12.6. The second-order valence-electron chi connectivity index (χ2n) is 4.75. The Balaban J connectivity index is 2.35. The molecule has 1 atom stereocenters. The van der Waals surface area contributed by atoms with Gasteiger partial charge in [-0.3, -0.25) is 0 Å². The van der Waals surface area contributed by atoms with Crippen molar-refractivity contribution >= 4 is 11.3 Å². The maximum absolute atomic E-state index is 13.4. The summed E-state index contributed by atoms with van der Waals surface area (Å²) in [6.45, 7) is 4.98. The van der Waals surface area contributed by atoms with Crippen molar-refractivity contribution in [3.63, 3.8) is 0 Å². The minimum absolute atomic E-state index is 0.148. The van der Waals surface area contributed by atoms with Crippen molar-refractivity contribution in [3.8, 4) is 0 Å². The van der Waals surface area contributed by atoms with Crippen LogP contribution in [-0.2, 0) is 6.42 Å². The Morgan fingerprint density at radius 3 is 2.35 bits per heavy atom. The highest BCUT2D eigenvalue weighted by Gasteiger charge is 2.17. The first-order chi connectivity index (χ1) is 9.63. The average Bonchev–Trinajstić information content (AvgIpc) is 2.87. The maximum atomic E-state index is 13.4. The highest BCUT2D eigenvalue weighted by Crippen LogP contribution is 2.29. The zero-order valence-electron chi connectivity index (χ0n) is 11.7. The van der Waals surface area contributed by atoms with Gasteiger partial charge in [-0.1, -0.05) is 13.8 Å². The molecule has 0 bridgehead atoms. The van der Waals surface area contributed by atoms with Crippen molar-refractivity contribution in [1.29, 1.82) is 0 Å². The number of nitrogens with one attached hydrogen (secondary N) is 1. The number of rotatable bonds is 6. The summed E-state index contributed by atoms with van der Waals surface area (Å²) in [5.41, 5.74) is 0.639. The third-order valence-corrected chi connectivity index (χ3v) is 4.43. The van der Waals surface area contributed by atoms with E-state index < -0.39 is 11.6 Å². The van der Waals surface area contributed by atoms with Crippen LogP contribution in [0, 0.1) is 11.6 Å². The summed E-state index contributed by atoms with van der Waals surface area (Å²) < 4.78 is 26.9. The van der Waals surface area contributed by atoms with Crippen molar-refractivity contribution in [2.45, 2.75) is 32.7 Å². The Kier molecular flexibility index (Phi) is 5.26. The fourth-order valence-corrected chi connectivity index (χ4v) is 3.21. The van der Waals surface area contributed by atoms with Crippen molar-refractivity contribution in [2.75, 3.05) is 6.54 Å². The van der Waals surface area contributed by atoms with E-state index in [-0.39, 0.29) is 6.04 Å². The Hall–Kier alpha value is -1.26. The largest absolute Gasteiger partial charge is 0.306 e. The lowest BCUT2D eigenvalue weighted by Crippen LogP contribution is -2.22. The lowest BCUT2D eigenvalue weighted by molar-refractivity contribution is 0.561. The Morgan fingerprint density at radius 2 is 1.80 bits per heavy atom. The summed E-state index contributed by atoms with van der Waals surface area (Å²) in [7, 11) is 0. The van der Waals surface area contributed by atoms with Crippen molar-refractivity contribution < 1.29 is 8.78 Å². The molecule has 4 heteroatoms. The fraction of sp³-hybridized carbons (Fsp3) is 0.375. The molecule has 0 saturated carbocycles. The molecule has 1 aromatic heterocycles. The summed E-state index contributed by atoms with van der Waals surface area (Å²) in [6.07, 6.45) is 1.95. The van der Waals surface area contributed by atoms with E-state index in [1.54, 1.807) is 11.3 Å². The summed E-state index contributed by atoms with van der Waals surface area (Å²) >= 11 is 1.69. The van der Waals surface area contributed by atoms with Gasteiger partial charge in [0.1, 0.15) is 11.6 Å². The molecule has 0 aliphatic carbocycles. The summed E-state index contributed by atoms with van der Waals surface area (Å²) in [5.74, 6) is -1.06. The predicted molar refractivity (Wildman–Crippen MR) is 80.2 cm³/mol. The monoisotopic (exact) mass is 295 g/mol. The number of hydrogen-bond acceptors (Lipinski definition) is 2. The van der Waals surface area contributed by atoms with Gasteiger partial charge < -0.3 is 5.32 Å². The van der Waals surface area contributed by atoms with E-state index in [0.717, 1.165) is 30.3 Å². The molecule has 1 nitrogen and oxygen atoms in total. The van der Waals surface area contributed by atoms with Crippen molar-refractivity contribution in [3.05, 3.63) is 57.3 Å². The zero-order chi connectivity index (χ0) is 14.5. The van der Waals surface area contributed by atoms with Crippen molar-refractivity contribution in [2.24, 2.45) is 0 Å². The molecule has 0 spiro atoms. The first-order valence-corrected chi connectivity index (χ1v) is 7.73. The molecule has 0 aliphatic rings. The molecule has 2 aromatic rings. The van der Waals surface area contributed by atoms with Crippen LogP contribution in [0.15, 0.2) is 30.3 Å². The molecule has 0 aliphatic heterocycles. The van der Waals surface area contributed by atoms with E-state index in [2.05, 4.69) is 25.2 Å². The molecule has 1 aromatic carbocycles. The van der Waals surface area contributed by atoms with Gasteiger partial charge in [-0.05, 0) is 49.2 Å². The summed E-state index contributed by atoms with van der Waals surface area (Å²) in [6, 6.07) is 7.69. The van der Waals surface area contributed by atoms with Crippen LogP contribution in [0.2, 0.25) is 0 Å². The van der Waals surface area contributed by atoms with Crippen LogP contribution in [0.4, 0.5) is 8.78 Å². The van der Waals surface area contributed by atoms with Gasteiger partial charge >= 0.3 is 0 Å². The number of halogens is 2. The topological polar surface area (TPSA) is 12.0 Å². The molecule has 1 unspecified atom stereocenters. The number of aryl methyl sites for hydroxylation is 1. The van der Waals surface area contributed by atoms with Gasteiger partial charge in [0.2, 0.25) is 0 Å². The highest BCUT2D eigenvalue weighted by atomic mass is 32.1. The second-order valence-corrected chi connectivity index (χ2v) is 5.95. The van der Waals surface area contributed by atoms with Crippen LogP contribution >= 0.6 is 11.3 Å². The van der Waals surface area contributed by atoms with E-state index >= 15 is 0 Å². The molecule has 0 radical (unpaired) electrons. The minimum atomic E-state index is -0.532. The maximum Gasteiger partial charge on any atom is 0.126 e. The van der Waals surface area contributed by atoms with E-state index in [0.29, 0.717) is 5.56 Å². The third kappa shape index (κ3) is 3.64. The lowest BCUT2D eigenvalue weighted by atomic mass is 10.0. The van der Waals surface area contributed by atoms with Gasteiger partial charge in [0.25, 0.3) is 0 Å². The van der Waals surface area contributed by atoms with Crippen LogP contribution in [-0.4, -0.2) is 6.54 Å². The first kappa shape index (κ1) is 15.1. The van der Waals surface area contributed by atoms with E-state index in [9.17, 15) is 8.78 Å². The number of benzene rings is 1. The predicted octanol–water partition coefficient (Wildman–Crippen LogP) is 4.68. The highest BCUT2D eigenvalue weighted by molar-refractivity contribution is 7.12. The SMILES string of the molecule is CCCNC(c1cc(F)cc(F)c1)c1ccc(CC)s1. The average molecular weight is 295 g/mol. The molecular formula is C16H19F2NS. The molecule has 1 heterocycles. The van der Waals surface area contributed by atoms with E-state index in [1.165, 1.54) is 17.0 Å². The molecule has 108 valence electrons. The van der Waals surface area contributed by atoms with Crippen LogP contribution in [0.5, 0.6) is 0 Å². The number of hydrogen-bond donors (Lipinski definition) is 1. The molecule has 0 fully saturated rings. The van der Waals surface area contributed by atoms with Gasteiger partial charge in [0, 0.05) is 15.8 Å². The minimum Gasteiger partial charge on any atom is -0.306 e. The van der Waals surface area contributed by atoms with Crippen molar-refractivity contribution in [1.82, 2.24) is 5.32 Å². The molecule has 0 amide bonds. The van der Waals surface area contributed by atoms with Gasteiger partial charge in [-0.2, -0.15) is 0 Å². The molecule has 0 saturated heterocycles. The number of thiophene rings is 1. The lowest BCUT2D eigenvalue weighted by Gasteiger charge is -2.18. The van der Waals surface area contributed by atoms with Crippen LogP contribution < -0.4 is 5.32 Å². The smallest absolute Gasteiger partial charge is 0.126 e. The molecular weight excluding hydrogens is 276 g/mol. The second kappa shape index (κ2) is 6.95. The first-order valence-electron chi connectivity index (χ1n) is 6.92. The normalized spacial score (nSPS) is 12.6. The summed E-state index contributed by atoms with van der Waals surface area (Å²) in [5, 5.41) is 3.37. The fourth-order valence-electron chi connectivity index (χ4n) is 2.15. The van der Waals surface area contributed by atoms with Gasteiger partial charge in [-0.25, -0.2) is 8.78 Å². The Labute approximate surface area is 122 Å². The molecule has 2 rings (SSSR count). The molecule has 20 heavy (non-hydrogen) atoms.